The van der Waals surface area contributed by atoms with E-state index in [2.05, 4.69) is 5.32 Å². The summed E-state index contributed by atoms with van der Waals surface area (Å²) in [6.07, 6.45) is 1.81. The average Bonchev–Trinajstić information content (AvgIpc) is 3.27. The first kappa shape index (κ1) is 22.9. The first-order valence-corrected chi connectivity index (χ1v) is 11.8. The molecule has 0 radical (unpaired) electrons. The Morgan fingerprint density at radius 1 is 1.23 bits per heavy atom. The van der Waals surface area contributed by atoms with Crippen LogP contribution in [0.5, 0.6) is 11.5 Å². The third-order valence-corrected chi connectivity index (χ3v) is 6.09. The number of hydrogen-bond donors (Lipinski definition) is 1. The third-order valence-electron chi connectivity index (χ3n) is 4.93. The van der Waals surface area contributed by atoms with Crippen LogP contribution in [0, 0.1) is 0 Å². The number of amides is 2. The van der Waals surface area contributed by atoms with E-state index in [4.69, 9.17) is 13.7 Å². The largest absolute Gasteiger partial charge is 0.495 e. The second-order valence-electron chi connectivity index (χ2n) is 7.22. The summed E-state index contributed by atoms with van der Waals surface area (Å²) >= 11 is 0. The van der Waals surface area contributed by atoms with Crippen molar-refractivity contribution in [1.29, 1.82) is 0 Å². The molecule has 0 bridgehead atoms. The maximum atomic E-state index is 13.1. The molecule has 0 aromatic heterocycles. The molecule has 0 saturated carbocycles. The molecule has 0 aliphatic carbocycles. The van der Waals surface area contributed by atoms with E-state index in [-0.39, 0.29) is 30.2 Å². The molecule has 3 rings (SSSR count). The lowest BCUT2D eigenvalue weighted by Gasteiger charge is -2.26. The number of nitrogens with one attached hydrogen (secondary N) is 1. The molecule has 9 heteroatoms. The van der Waals surface area contributed by atoms with Crippen molar-refractivity contribution in [3.8, 4) is 11.5 Å². The van der Waals surface area contributed by atoms with Gasteiger partial charge in [-0.15, -0.1) is 0 Å². The number of carbonyl (C=O) groups is 1. The molecular weight excluding hydrogens is 420 g/mol. The molecule has 1 N–H and O–H groups in total. The lowest BCUT2D eigenvalue weighted by atomic mass is 10.2. The Kier molecular flexibility index (Phi) is 7.75. The number of urea groups is 1. The quantitative estimate of drug-likeness (QED) is 0.589. The van der Waals surface area contributed by atoms with Gasteiger partial charge >= 0.3 is 16.1 Å². The zero-order valence-corrected chi connectivity index (χ0v) is 18.6. The van der Waals surface area contributed by atoms with Crippen molar-refractivity contribution in [2.45, 2.75) is 32.4 Å². The highest BCUT2D eigenvalue weighted by molar-refractivity contribution is 7.87. The molecular formula is C22H28N2O6S. The third kappa shape index (κ3) is 6.60. The molecule has 1 aliphatic rings. The Morgan fingerprint density at radius 3 is 2.74 bits per heavy atom. The van der Waals surface area contributed by atoms with E-state index in [1.165, 1.54) is 6.92 Å². The van der Waals surface area contributed by atoms with Gasteiger partial charge in [0.2, 0.25) is 0 Å². The van der Waals surface area contributed by atoms with Crippen molar-refractivity contribution in [3.05, 3.63) is 54.1 Å². The van der Waals surface area contributed by atoms with Crippen molar-refractivity contribution in [1.82, 2.24) is 4.90 Å². The van der Waals surface area contributed by atoms with Crippen LogP contribution >= 0.6 is 0 Å². The number of benzene rings is 2. The van der Waals surface area contributed by atoms with Gasteiger partial charge in [0, 0.05) is 19.7 Å². The summed E-state index contributed by atoms with van der Waals surface area (Å²) in [7, 11) is -2.08. The minimum absolute atomic E-state index is 0.0386. The molecule has 2 amide bonds. The molecule has 2 aromatic rings. The van der Waals surface area contributed by atoms with Crippen LogP contribution in [0.2, 0.25) is 0 Å². The molecule has 1 fully saturated rings. The smallest absolute Gasteiger partial charge is 0.322 e. The maximum Gasteiger partial charge on any atom is 0.322 e. The van der Waals surface area contributed by atoms with Crippen LogP contribution < -0.4 is 14.2 Å². The molecule has 1 atom stereocenters. The van der Waals surface area contributed by atoms with Crippen LogP contribution in [0.4, 0.5) is 10.5 Å². The molecule has 1 aliphatic heterocycles. The SMILES string of the molecule is CCS(=O)(=O)Oc1cccc(CN(C[C@@H]2CCCO2)C(=O)Nc2ccccc2OC)c1. The summed E-state index contributed by atoms with van der Waals surface area (Å²) in [5, 5.41) is 2.90. The lowest BCUT2D eigenvalue weighted by Crippen LogP contribution is -2.39. The van der Waals surface area contributed by atoms with Crippen molar-refractivity contribution >= 4 is 21.8 Å². The fraction of sp³-hybridized carbons (Fsp3) is 0.409. The van der Waals surface area contributed by atoms with Crippen LogP contribution in [0.25, 0.3) is 0 Å². The van der Waals surface area contributed by atoms with Gasteiger partial charge in [-0.3, -0.25) is 0 Å². The molecule has 1 saturated heterocycles. The zero-order valence-electron chi connectivity index (χ0n) is 17.7. The van der Waals surface area contributed by atoms with Gasteiger partial charge in [0.15, 0.2) is 0 Å². The molecule has 2 aromatic carbocycles. The topological polar surface area (TPSA) is 94.2 Å². The minimum atomic E-state index is -3.63. The van der Waals surface area contributed by atoms with Crippen molar-refractivity contribution in [2.75, 3.05) is 31.3 Å². The van der Waals surface area contributed by atoms with Crippen LogP contribution in [0.3, 0.4) is 0 Å². The zero-order chi connectivity index (χ0) is 22.3. The second kappa shape index (κ2) is 10.5. The van der Waals surface area contributed by atoms with Gasteiger partial charge in [0.05, 0.1) is 24.7 Å². The Hall–Kier alpha value is -2.78. The summed E-state index contributed by atoms with van der Waals surface area (Å²) < 4.78 is 39.7. The van der Waals surface area contributed by atoms with E-state index in [0.717, 1.165) is 18.4 Å². The number of hydrogen-bond acceptors (Lipinski definition) is 6. The summed E-state index contributed by atoms with van der Waals surface area (Å²) in [5.41, 5.74) is 1.32. The van der Waals surface area contributed by atoms with Crippen molar-refractivity contribution in [3.63, 3.8) is 0 Å². The van der Waals surface area contributed by atoms with Gasteiger partial charge < -0.3 is 23.9 Å². The van der Waals surface area contributed by atoms with Gasteiger partial charge in [-0.05, 0) is 49.6 Å². The fourth-order valence-electron chi connectivity index (χ4n) is 3.32. The first-order chi connectivity index (χ1) is 14.9. The van der Waals surface area contributed by atoms with E-state index in [1.54, 1.807) is 42.3 Å². The van der Waals surface area contributed by atoms with Crippen LogP contribution in [0.15, 0.2) is 48.5 Å². The first-order valence-electron chi connectivity index (χ1n) is 10.2. The van der Waals surface area contributed by atoms with Crippen LogP contribution in [-0.2, 0) is 21.4 Å². The maximum absolute atomic E-state index is 13.1. The Labute approximate surface area is 183 Å². The summed E-state index contributed by atoms with van der Waals surface area (Å²) in [6.45, 7) is 2.89. The van der Waals surface area contributed by atoms with E-state index >= 15 is 0 Å². The normalized spacial score (nSPS) is 16.0. The number of para-hydroxylation sites is 2. The highest BCUT2D eigenvalue weighted by Crippen LogP contribution is 2.25. The predicted octanol–water partition coefficient (Wildman–Crippen LogP) is 3.64. The molecule has 31 heavy (non-hydrogen) atoms. The summed E-state index contributed by atoms with van der Waals surface area (Å²) in [4.78, 5) is 14.8. The van der Waals surface area contributed by atoms with Crippen LogP contribution in [0.1, 0.15) is 25.3 Å². The molecule has 0 spiro atoms. The second-order valence-corrected chi connectivity index (χ2v) is 9.08. The van der Waals surface area contributed by atoms with Gasteiger partial charge in [-0.25, -0.2) is 4.79 Å². The number of carbonyl (C=O) groups excluding carboxylic acids is 1. The summed E-state index contributed by atoms with van der Waals surface area (Å²) in [6, 6.07) is 13.6. The van der Waals surface area contributed by atoms with Crippen LogP contribution in [-0.4, -0.2) is 51.5 Å². The Balaban J connectivity index is 1.78. The Morgan fingerprint density at radius 2 is 2.03 bits per heavy atom. The highest BCUT2D eigenvalue weighted by atomic mass is 32.2. The van der Waals surface area contributed by atoms with Gasteiger partial charge in [0.25, 0.3) is 0 Å². The van der Waals surface area contributed by atoms with Gasteiger partial charge in [0.1, 0.15) is 11.5 Å². The lowest BCUT2D eigenvalue weighted by molar-refractivity contribution is 0.0819. The van der Waals surface area contributed by atoms with E-state index in [9.17, 15) is 13.2 Å². The van der Waals surface area contributed by atoms with E-state index < -0.39 is 10.1 Å². The van der Waals surface area contributed by atoms with Crippen molar-refractivity contribution < 1.29 is 26.9 Å². The minimum Gasteiger partial charge on any atom is -0.495 e. The standard InChI is InChI=1S/C22H28N2O6S/c1-3-31(26,27)30-18-9-6-8-17(14-18)15-24(16-19-10-7-13-29-19)22(25)23-20-11-4-5-12-21(20)28-2/h4-6,8-9,11-12,14,19H,3,7,10,13,15-16H2,1-2H3,(H,23,25)/t19-/m0/s1. The number of anilines is 1. The number of nitrogens with zero attached hydrogens (tertiary/aromatic N) is 1. The number of methoxy groups -OCH3 is 1. The van der Waals surface area contributed by atoms with Crippen molar-refractivity contribution in [2.24, 2.45) is 0 Å². The molecule has 1 heterocycles. The average molecular weight is 449 g/mol. The van der Waals surface area contributed by atoms with Gasteiger partial charge in [-0.1, -0.05) is 24.3 Å². The van der Waals surface area contributed by atoms with E-state index in [0.29, 0.717) is 24.6 Å². The number of ether oxygens (including phenoxy) is 2. The molecule has 8 nitrogen and oxygen atoms in total. The monoisotopic (exact) mass is 448 g/mol. The fourth-order valence-corrected chi connectivity index (χ4v) is 3.83. The molecule has 168 valence electrons. The summed E-state index contributed by atoms with van der Waals surface area (Å²) in [5.74, 6) is 0.665. The van der Waals surface area contributed by atoms with E-state index in [1.807, 2.05) is 18.2 Å². The predicted molar refractivity (Wildman–Crippen MR) is 118 cm³/mol. The number of rotatable bonds is 9. The van der Waals surface area contributed by atoms with Gasteiger partial charge in [-0.2, -0.15) is 8.42 Å². The Bertz CT molecular complexity index is 989. The molecule has 0 unspecified atom stereocenters. The highest BCUT2D eigenvalue weighted by Gasteiger charge is 2.24.